The van der Waals surface area contributed by atoms with Gasteiger partial charge in [0.05, 0.1) is 11.7 Å². The fourth-order valence-electron chi connectivity index (χ4n) is 4.53. The van der Waals surface area contributed by atoms with Crippen molar-refractivity contribution in [1.29, 1.82) is 0 Å². The molecule has 0 bridgehead atoms. The lowest BCUT2D eigenvalue weighted by molar-refractivity contribution is -0.0726. The zero-order chi connectivity index (χ0) is 13.8. The van der Waals surface area contributed by atoms with E-state index in [2.05, 4.69) is 17.1 Å². The van der Waals surface area contributed by atoms with Crippen LogP contribution in [0.15, 0.2) is 0 Å². The highest BCUT2D eigenvalue weighted by Crippen LogP contribution is 2.42. The van der Waals surface area contributed by atoms with E-state index in [1.54, 1.807) is 0 Å². The Morgan fingerprint density at radius 3 is 2.75 bits per heavy atom. The van der Waals surface area contributed by atoms with E-state index in [9.17, 15) is 0 Å². The molecule has 116 valence electrons. The highest BCUT2D eigenvalue weighted by atomic mass is 16.5. The Balaban J connectivity index is 1.48. The number of nitrogens with one attached hydrogen (secondary N) is 1. The van der Waals surface area contributed by atoms with Gasteiger partial charge in [0.1, 0.15) is 0 Å². The van der Waals surface area contributed by atoms with Gasteiger partial charge in [-0.05, 0) is 51.6 Å². The molecular weight excluding hydrogens is 248 g/mol. The third-order valence-corrected chi connectivity index (χ3v) is 5.67. The Labute approximate surface area is 124 Å². The van der Waals surface area contributed by atoms with Crippen LogP contribution in [-0.4, -0.2) is 48.8 Å². The van der Waals surface area contributed by atoms with Gasteiger partial charge in [0, 0.05) is 19.1 Å². The van der Waals surface area contributed by atoms with Crippen molar-refractivity contribution in [2.75, 3.05) is 26.2 Å². The molecule has 2 aliphatic heterocycles. The van der Waals surface area contributed by atoms with Gasteiger partial charge in [-0.15, -0.1) is 0 Å². The molecule has 2 atom stereocenters. The van der Waals surface area contributed by atoms with Gasteiger partial charge >= 0.3 is 0 Å². The van der Waals surface area contributed by atoms with Crippen molar-refractivity contribution in [3.8, 4) is 0 Å². The number of hydrogen-bond acceptors (Lipinski definition) is 3. The van der Waals surface area contributed by atoms with E-state index in [4.69, 9.17) is 4.74 Å². The zero-order valence-corrected chi connectivity index (χ0v) is 13.2. The molecule has 3 aliphatic rings. The first-order chi connectivity index (χ1) is 9.81. The summed E-state index contributed by atoms with van der Waals surface area (Å²) in [6.45, 7) is 6.91. The molecule has 20 heavy (non-hydrogen) atoms. The SMILES string of the molecule is CCNCC1CCCN1CC1CCC2(CCCCC2)O1. The number of likely N-dealkylation sites (tertiary alicyclic amines) is 1. The first kappa shape index (κ1) is 14.8. The van der Waals surface area contributed by atoms with Crippen LogP contribution in [0.2, 0.25) is 0 Å². The first-order valence-corrected chi connectivity index (χ1v) is 8.94. The van der Waals surface area contributed by atoms with E-state index in [-0.39, 0.29) is 0 Å². The highest BCUT2D eigenvalue weighted by Gasteiger charge is 2.41. The van der Waals surface area contributed by atoms with Gasteiger partial charge in [0.15, 0.2) is 0 Å². The average Bonchev–Trinajstić information content (AvgIpc) is 3.06. The number of ether oxygens (including phenoxy) is 1. The Morgan fingerprint density at radius 1 is 1.10 bits per heavy atom. The molecular formula is C17H32N2O. The lowest BCUT2D eigenvalue weighted by Crippen LogP contribution is -2.42. The molecule has 3 heteroatoms. The molecule has 1 N–H and O–H groups in total. The van der Waals surface area contributed by atoms with Gasteiger partial charge in [-0.25, -0.2) is 0 Å². The van der Waals surface area contributed by atoms with E-state index in [0.717, 1.165) is 19.1 Å². The molecule has 2 heterocycles. The van der Waals surface area contributed by atoms with Crippen molar-refractivity contribution in [2.24, 2.45) is 0 Å². The van der Waals surface area contributed by atoms with Gasteiger partial charge in [-0.1, -0.05) is 26.2 Å². The predicted molar refractivity (Wildman–Crippen MR) is 83.1 cm³/mol. The predicted octanol–water partition coefficient (Wildman–Crippen LogP) is 2.94. The summed E-state index contributed by atoms with van der Waals surface area (Å²) in [5.41, 5.74) is 0.291. The Hall–Kier alpha value is -0.120. The molecule has 0 aromatic carbocycles. The number of likely N-dealkylation sites (N-methyl/N-ethyl adjacent to an activating group) is 1. The smallest absolute Gasteiger partial charge is 0.0710 e. The van der Waals surface area contributed by atoms with Gasteiger partial charge in [-0.3, -0.25) is 4.90 Å². The van der Waals surface area contributed by atoms with Crippen LogP contribution in [-0.2, 0) is 4.74 Å². The van der Waals surface area contributed by atoms with Crippen LogP contribution in [0.4, 0.5) is 0 Å². The third-order valence-electron chi connectivity index (χ3n) is 5.67. The second kappa shape index (κ2) is 6.76. The lowest BCUT2D eigenvalue weighted by Gasteiger charge is -2.34. The monoisotopic (exact) mass is 280 g/mol. The van der Waals surface area contributed by atoms with Crippen molar-refractivity contribution < 1.29 is 4.74 Å². The van der Waals surface area contributed by atoms with Crippen LogP contribution in [0.5, 0.6) is 0 Å². The van der Waals surface area contributed by atoms with Gasteiger partial charge in [-0.2, -0.15) is 0 Å². The number of hydrogen-bond donors (Lipinski definition) is 1. The standard InChI is InChI=1S/C17H32N2O/c1-2-18-13-15-7-6-12-19(15)14-16-8-11-17(20-16)9-4-3-5-10-17/h15-16,18H,2-14H2,1H3. The van der Waals surface area contributed by atoms with E-state index in [1.165, 1.54) is 70.9 Å². The fraction of sp³-hybridized carbons (Fsp3) is 1.00. The Morgan fingerprint density at radius 2 is 1.95 bits per heavy atom. The molecule has 0 amide bonds. The summed E-state index contributed by atoms with van der Waals surface area (Å²) < 4.78 is 6.54. The van der Waals surface area contributed by atoms with Crippen LogP contribution < -0.4 is 5.32 Å². The van der Waals surface area contributed by atoms with E-state index in [0.29, 0.717) is 11.7 Å². The maximum absolute atomic E-state index is 6.54. The van der Waals surface area contributed by atoms with Crippen molar-refractivity contribution in [2.45, 2.75) is 82.5 Å². The second-order valence-corrected chi connectivity index (χ2v) is 7.12. The maximum atomic E-state index is 6.54. The molecule has 1 saturated carbocycles. The zero-order valence-electron chi connectivity index (χ0n) is 13.2. The molecule has 3 rings (SSSR count). The maximum Gasteiger partial charge on any atom is 0.0710 e. The quantitative estimate of drug-likeness (QED) is 0.838. The van der Waals surface area contributed by atoms with Gasteiger partial charge in [0.2, 0.25) is 0 Å². The molecule has 1 aliphatic carbocycles. The fourth-order valence-corrected chi connectivity index (χ4v) is 4.53. The largest absolute Gasteiger partial charge is 0.370 e. The van der Waals surface area contributed by atoms with Gasteiger partial charge < -0.3 is 10.1 Å². The molecule has 3 fully saturated rings. The van der Waals surface area contributed by atoms with Crippen LogP contribution in [0.3, 0.4) is 0 Å². The first-order valence-electron chi connectivity index (χ1n) is 8.94. The number of nitrogens with zero attached hydrogens (tertiary/aromatic N) is 1. The summed E-state index contributed by atoms with van der Waals surface area (Å²) in [4.78, 5) is 2.69. The van der Waals surface area contributed by atoms with E-state index >= 15 is 0 Å². The average molecular weight is 280 g/mol. The van der Waals surface area contributed by atoms with E-state index < -0.39 is 0 Å². The summed E-state index contributed by atoms with van der Waals surface area (Å²) in [5, 5.41) is 3.52. The lowest BCUT2D eigenvalue weighted by atomic mass is 9.83. The molecule has 3 nitrogen and oxygen atoms in total. The van der Waals surface area contributed by atoms with Gasteiger partial charge in [0.25, 0.3) is 0 Å². The highest BCUT2D eigenvalue weighted by molar-refractivity contribution is 4.93. The molecule has 0 aromatic rings. The van der Waals surface area contributed by atoms with Crippen LogP contribution in [0.1, 0.15) is 64.7 Å². The van der Waals surface area contributed by atoms with E-state index in [1.807, 2.05) is 0 Å². The molecule has 2 saturated heterocycles. The summed E-state index contributed by atoms with van der Waals surface area (Å²) in [6, 6.07) is 0.751. The molecule has 1 spiro atoms. The minimum Gasteiger partial charge on any atom is -0.370 e. The summed E-state index contributed by atoms with van der Waals surface area (Å²) in [7, 11) is 0. The van der Waals surface area contributed by atoms with Crippen molar-refractivity contribution in [3.05, 3.63) is 0 Å². The van der Waals surface area contributed by atoms with Crippen LogP contribution >= 0.6 is 0 Å². The van der Waals surface area contributed by atoms with Crippen molar-refractivity contribution in [3.63, 3.8) is 0 Å². The second-order valence-electron chi connectivity index (χ2n) is 7.12. The minimum atomic E-state index is 0.291. The molecule has 0 radical (unpaired) electrons. The summed E-state index contributed by atoms with van der Waals surface area (Å²) in [5.74, 6) is 0. The Kier molecular flexibility index (Phi) is 5.00. The summed E-state index contributed by atoms with van der Waals surface area (Å²) in [6.07, 6.45) is 12.7. The Bertz CT molecular complexity index is 301. The molecule has 2 unspecified atom stereocenters. The third kappa shape index (κ3) is 3.37. The van der Waals surface area contributed by atoms with Crippen LogP contribution in [0, 0.1) is 0 Å². The van der Waals surface area contributed by atoms with Crippen molar-refractivity contribution >= 4 is 0 Å². The topological polar surface area (TPSA) is 24.5 Å². The van der Waals surface area contributed by atoms with Crippen LogP contribution in [0.25, 0.3) is 0 Å². The minimum absolute atomic E-state index is 0.291. The number of rotatable bonds is 5. The summed E-state index contributed by atoms with van der Waals surface area (Å²) >= 11 is 0. The molecule has 0 aromatic heterocycles. The normalized spacial score (nSPS) is 34.0. The van der Waals surface area contributed by atoms with Crippen molar-refractivity contribution in [1.82, 2.24) is 10.2 Å².